The van der Waals surface area contributed by atoms with Gasteiger partial charge >= 0.3 is 5.97 Å². The number of amides is 2. The normalized spacial score (nSPS) is 17.5. The van der Waals surface area contributed by atoms with Gasteiger partial charge in [-0.1, -0.05) is 37.1 Å². The van der Waals surface area contributed by atoms with Gasteiger partial charge in [0.25, 0.3) is 11.8 Å². The fourth-order valence-corrected chi connectivity index (χ4v) is 4.61. The van der Waals surface area contributed by atoms with Crippen molar-refractivity contribution < 1.29 is 28.7 Å². The highest BCUT2D eigenvalue weighted by Gasteiger charge is 2.23. The molecule has 41 heavy (non-hydrogen) atoms. The molecule has 0 unspecified atom stereocenters. The minimum absolute atomic E-state index is 0.134. The van der Waals surface area contributed by atoms with Crippen LogP contribution in [0.2, 0.25) is 0 Å². The van der Waals surface area contributed by atoms with Crippen LogP contribution in [0.3, 0.4) is 0 Å². The second-order valence-corrected chi connectivity index (χ2v) is 10.9. The van der Waals surface area contributed by atoms with Crippen LogP contribution in [0.25, 0.3) is 6.08 Å². The Bertz CT molecular complexity index is 1210. The molecule has 2 saturated carbocycles. The van der Waals surface area contributed by atoms with E-state index in [0.29, 0.717) is 50.8 Å². The number of nitrogens with zero attached hydrogens (tertiary/aromatic N) is 1. The number of morpholine rings is 1. The molecular weight excluding hydrogens is 522 g/mol. The van der Waals surface area contributed by atoms with E-state index in [-0.39, 0.29) is 30.5 Å². The quantitative estimate of drug-likeness (QED) is 0.263. The molecule has 1 heterocycles. The Morgan fingerprint density at radius 1 is 0.951 bits per heavy atom. The predicted octanol–water partition coefficient (Wildman–Crippen LogP) is 4.20. The monoisotopic (exact) mass is 561 g/mol. The first kappa shape index (κ1) is 28.8. The molecule has 3 aliphatic rings. The summed E-state index contributed by atoms with van der Waals surface area (Å²) in [6, 6.07) is 15.0. The van der Waals surface area contributed by atoms with Gasteiger partial charge in [0.05, 0.1) is 32.9 Å². The zero-order valence-corrected chi connectivity index (χ0v) is 23.4. The number of hydrogen-bond donors (Lipinski definition) is 2. The van der Waals surface area contributed by atoms with Crippen molar-refractivity contribution in [2.75, 3.05) is 39.5 Å². The van der Waals surface area contributed by atoms with E-state index < -0.39 is 5.91 Å². The minimum Gasteiger partial charge on any atom is -0.494 e. The molecule has 218 valence electrons. The topological polar surface area (TPSA) is 106 Å². The van der Waals surface area contributed by atoms with Crippen LogP contribution in [0.1, 0.15) is 72.3 Å². The van der Waals surface area contributed by atoms with Crippen molar-refractivity contribution in [3.63, 3.8) is 0 Å². The SMILES string of the molecule is O=C(CCCNC(=O)C(=Cc1ccc(C2CC2)cc1)NC(=O)c1ccc(OCCC2CC2)cc1)ON1CCOCC1. The Morgan fingerprint density at radius 3 is 2.37 bits per heavy atom. The Kier molecular flexibility index (Phi) is 10.0. The largest absolute Gasteiger partial charge is 0.494 e. The Hall–Kier alpha value is -3.69. The number of benzene rings is 2. The molecule has 2 N–H and O–H groups in total. The van der Waals surface area contributed by atoms with Crippen LogP contribution in [0.15, 0.2) is 54.2 Å². The first-order valence-corrected chi connectivity index (χ1v) is 14.7. The fourth-order valence-electron chi connectivity index (χ4n) is 4.61. The molecule has 9 heteroatoms. The molecule has 5 rings (SSSR count). The van der Waals surface area contributed by atoms with Crippen LogP contribution in [0.4, 0.5) is 0 Å². The van der Waals surface area contributed by atoms with Gasteiger partial charge in [-0.2, -0.15) is 0 Å². The summed E-state index contributed by atoms with van der Waals surface area (Å²) >= 11 is 0. The van der Waals surface area contributed by atoms with E-state index in [9.17, 15) is 14.4 Å². The first-order chi connectivity index (χ1) is 20.0. The van der Waals surface area contributed by atoms with Crippen LogP contribution < -0.4 is 15.4 Å². The highest BCUT2D eigenvalue weighted by atomic mass is 16.7. The van der Waals surface area contributed by atoms with Crippen molar-refractivity contribution in [1.82, 2.24) is 15.7 Å². The van der Waals surface area contributed by atoms with Gasteiger partial charge in [0.15, 0.2) is 0 Å². The van der Waals surface area contributed by atoms with E-state index in [4.69, 9.17) is 14.3 Å². The summed E-state index contributed by atoms with van der Waals surface area (Å²) in [7, 11) is 0. The van der Waals surface area contributed by atoms with Crippen molar-refractivity contribution in [3.05, 3.63) is 70.9 Å². The molecule has 2 aromatic rings. The number of hydrogen-bond acceptors (Lipinski definition) is 7. The van der Waals surface area contributed by atoms with Gasteiger partial charge in [0, 0.05) is 18.5 Å². The molecule has 2 amide bonds. The number of carbonyl (C=O) groups is 3. The van der Waals surface area contributed by atoms with Crippen molar-refractivity contribution in [1.29, 1.82) is 0 Å². The van der Waals surface area contributed by atoms with E-state index in [1.165, 1.54) is 31.2 Å². The molecule has 0 atom stereocenters. The predicted molar refractivity (Wildman–Crippen MR) is 154 cm³/mol. The number of ether oxygens (including phenoxy) is 2. The van der Waals surface area contributed by atoms with E-state index in [2.05, 4.69) is 22.8 Å². The fraction of sp³-hybridized carbons (Fsp3) is 0.469. The third-order valence-electron chi connectivity index (χ3n) is 7.44. The van der Waals surface area contributed by atoms with E-state index in [0.717, 1.165) is 23.7 Å². The highest BCUT2D eigenvalue weighted by Crippen LogP contribution is 2.40. The molecule has 0 radical (unpaired) electrons. The second kappa shape index (κ2) is 14.3. The van der Waals surface area contributed by atoms with E-state index in [1.807, 2.05) is 12.1 Å². The van der Waals surface area contributed by atoms with E-state index in [1.54, 1.807) is 35.4 Å². The van der Waals surface area contributed by atoms with Crippen LogP contribution in [0, 0.1) is 5.92 Å². The summed E-state index contributed by atoms with van der Waals surface area (Å²) in [4.78, 5) is 43.7. The summed E-state index contributed by atoms with van der Waals surface area (Å²) in [5.74, 6) is 0.988. The second-order valence-electron chi connectivity index (χ2n) is 10.9. The number of hydroxylamine groups is 2. The lowest BCUT2D eigenvalue weighted by Gasteiger charge is -2.24. The maximum atomic E-state index is 13.1. The van der Waals surface area contributed by atoms with Crippen molar-refractivity contribution in [3.8, 4) is 5.75 Å². The molecule has 1 saturated heterocycles. The third kappa shape index (κ3) is 9.43. The molecule has 0 spiro atoms. The summed E-state index contributed by atoms with van der Waals surface area (Å²) in [6.45, 7) is 3.10. The Balaban J connectivity index is 1.16. The molecular formula is C32H39N3O6. The van der Waals surface area contributed by atoms with Crippen LogP contribution in [-0.4, -0.2) is 62.3 Å². The van der Waals surface area contributed by atoms with Gasteiger partial charge in [-0.15, -0.1) is 5.06 Å². The van der Waals surface area contributed by atoms with Gasteiger partial charge < -0.3 is 24.9 Å². The average Bonchev–Trinajstić information content (AvgIpc) is 3.91. The smallest absolute Gasteiger partial charge is 0.325 e. The maximum Gasteiger partial charge on any atom is 0.325 e. The standard InChI is InChI=1S/C32H39N3O6/c36-30(41-35-17-20-39-21-18-35)2-1-16-33-32(38)29(22-24-5-7-25(8-6-24)26-9-10-26)34-31(37)27-11-13-28(14-12-27)40-19-15-23-3-4-23/h5-8,11-14,22-23,26H,1-4,9-10,15-21H2,(H,33,38)(H,34,37). The number of nitrogens with one attached hydrogen (secondary N) is 2. The lowest BCUT2D eigenvalue weighted by molar-refractivity contribution is -0.205. The molecule has 2 aliphatic carbocycles. The first-order valence-electron chi connectivity index (χ1n) is 14.7. The van der Waals surface area contributed by atoms with Crippen LogP contribution >= 0.6 is 0 Å². The minimum atomic E-state index is -0.425. The van der Waals surface area contributed by atoms with Gasteiger partial charge in [-0.05, 0) is 79.0 Å². The van der Waals surface area contributed by atoms with E-state index >= 15 is 0 Å². The van der Waals surface area contributed by atoms with Gasteiger partial charge in [0.2, 0.25) is 0 Å². The highest BCUT2D eigenvalue weighted by molar-refractivity contribution is 6.05. The van der Waals surface area contributed by atoms with Crippen molar-refractivity contribution in [2.45, 2.75) is 50.9 Å². The van der Waals surface area contributed by atoms with Crippen LogP contribution in [-0.2, 0) is 19.2 Å². The molecule has 3 fully saturated rings. The zero-order valence-electron chi connectivity index (χ0n) is 23.4. The third-order valence-corrected chi connectivity index (χ3v) is 7.44. The molecule has 2 aromatic carbocycles. The average molecular weight is 562 g/mol. The van der Waals surface area contributed by atoms with Crippen LogP contribution in [0.5, 0.6) is 5.75 Å². The van der Waals surface area contributed by atoms with Crippen molar-refractivity contribution >= 4 is 23.9 Å². The molecule has 0 aromatic heterocycles. The summed E-state index contributed by atoms with van der Waals surface area (Å²) in [5.41, 5.74) is 2.66. The summed E-state index contributed by atoms with van der Waals surface area (Å²) in [6.07, 6.45) is 8.31. The molecule has 9 nitrogen and oxygen atoms in total. The lowest BCUT2D eigenvalue weighted by atomic mass is 10.1. The maximum absolute atomic E-state index is 13.1. The Morgan fingerprint density at radius 2 is 1.68 bits per heavy atom. The molecule has 0 bridgehead atoms. The van der Waals surface area contributed by atoms with Gasteiger partial charge in [-0.3, -0.25) is 14.4 Å². The lowest BCUT2D eigenvalue weighted by Crippen LogP contribution is -2.38. The zero-order chi connectivity index (χ0) is 28.4. The number of rotatable bonds is 14. The van der Waals surface area contributed by atoms with Gasteiger partial charge in [-0.25, -0.2) is 0 Å². The summed E-state index contributed by atoms with van der Waals surface area (Å²) < 4.78 is 11.0. The Labute approximate surface area is 241 Å². The summed E-state index contributed by atoms with van der Waals surface area (Å²) in [5, 5.41) is 7.20. The number of carbonyl (C=O) groups excluding carboxylic acids is 3. The molecule has 1 aliphatic heterocycles. The van der Waals surface area contributed by atoms with Gasteiger partial charge in [0.1, 0.15) is 11.4 Å². The van der Waals surface area contributed by atoms with Crippen molar-refractivity contribution in [2.24, 2.45) is 5.92 Å².